The van der Waals surface area contributed by atoms with E-state index in [9.17, 15) is 9.18 Å². The van der Waals surface area contributed by atoms with Gasteiger partial charge in [0.1, 0.15) is 11.5 Å². The summed E-state index contributed by atoms with van der Waals surface area (Å²) in [6.45, 7) is 0.592. The lowest BCUT2D eigenvalue weighted by molar-refractivity contribution is 0.0903. The topological polar surface area (TPSA) is 83.8 Å². The van der Waals surface area contributed by atoms with Gasteiger partial charge < -0.3 is 11.1 Å². The van der Waals surface area contributed by atoms with Crippen LogP contribution in [0.15, 0.2) is 30.3 Å². The van der Waals surface area contributed by atoms with Crippen LogP contribution in [0.2, 0.25) is 0 Å². The van der Waals surface area contributed by atoms with Crippen LogP contribution in [0.25, 0.3) is 11.3 Å². The second-order valence-corrected chi connectivity index (χ2v) is 6.03. The zero-order valence-corrected chi connectivity index (χ0v) is 12.9. The summed E-state index contributed by atoms with van der Waals surface area (Å²) in [5.74, 6) is -0.129. The molecule has 3 rings (SSSR count). The monoisotopic (exact) mass is 316 g/mol. The van der Waals surface area contributed by atoms with Gasteiger partial charge in [-0.15, -0.1) is 0 Å². The zero-order valence-electron chi connectivity index (χ0n) is 12.9. The van der Waals surface area contributed by atoms with Crippen LogP contribution in [0.5, 0.6) is 0 Å². The smallest absolute Gasteiger partial charge is 0.269 e. The zero-order chi connectivity index (χ0) is 16.2. The largest absolute Gasteiger partial charge is 0.348 e. The van der Waals surface area contributed by atoms with Gasteiger partial charge in [-0.2, -0.15) is 5.10 Å². The van der Waals surface area contributed by atoms with Crippen LogP contribution >= 0.6 is 0 Å². The summed E-state index contributed by atoms with van der Waals surface area (Å²) in [6, 6.07) is 7.83. The molecule has 0 radical (unpaired) electrons. The molecule has 23 heavy (non-hydrogen) atoms. The molecule has 5 nitrogen and oxygen atoms in total. The molecule has 1 fully saturated rings. The van der Waals surface area contributed by atoms with Crippen molar-refractivity contribution in [3.05, 3.63) is 41.8 Å². The summed E-state index contributed by atoms with van der Waals surface area (Å²) in [6.07, 6.45) is 4.32. The predicted octanol–water partition coefficient (Wildman–Crippen LogP) is 2.46. The van der Waals surface area contributed by atoms with Gasteiger partial charge in [-0.3, -0.25) is 9.89 Å². The van der Waals surface area contributed by atoms with Crippen molar-refractivity contribution < 1.29 is 9.18 Å². The van der Waals surface area contributed by atoms with E-state index < -0.39 is 0 Å². The molecule has 0 bridgehead atoms. The minimum Gasteiger partial charge on any atom is -0.348 e. The molecule has 122 valence electrons. The molecule has 2 aromatic rings. The summed E-state index contributed by atoms with van der Waals surface area (Å²) in [5, 5.41) is 9.95. The standard InChI is InChI=1S/C17H21FN4O/c18-13-7-5-11(6-8-13)15-9-16(22-21-15)17(23)20-14-4-2-1-3-12(14)10-19/h5-9,12,14H,1-4,10,19H2,(H,20,23)(H,21,22). The van der Waals surface area contributed by atoms with E-state index >= 15 is 0 Å². The number of amides is 1. The molecule has 4 N–H and O–H groups in total. The van der Waals surface area contributed by atoms with Gasteiger partial charge in [-0.1, -0.05) is 12.8 Å². The summed E-state index contributed by atoms with van der Waals surface area (Å²) >= 11 is 0. The quantitative estimate of drug-likeness (QED) is 0.810. The minimum absolute atomic E-state index is 0.124. The van der Waals surface area contributed by atoms with Crippen molar-refractivity contribution in [2.75, 3.05) is 6.54 Å². The average molecular weight is 316 g/mol. The Balaban J connectivity index is 1.69. The first-order valence-electron chi connectivity index (χ1n) is 7.99. The van der Waals surface area contributed by atoms with E-state index in [4.69, 9.17) is 5.73 Å². The fraction of sp³-hybridized carbons (Fsp3) is 0.412. The molecule has 1 aromatic carbocycles. The first kappa shape index (κ1) is 15.7. The highest BCUT2D eigenvalue weighted by Crippen LogP contribution is 2.24. The summed E-state index contributed by atoms with van der Waals surface area (Å²) in [4.78, 5) is 12.4. The van der Waals surface area contributed by atoms with Gasteiger partial charge in [-0.25, -0.2) is 4.39 Å². The van der Waals surface area contributed by atoms with Crippen LogP contribution in [0.1, 0.15) is 36.2 Å². The van der Waals surface area contributed by atoms with E-state index in [-0.39, 0.29) is 17.8 Å². The maximum Gasteiger partial charge on any atom is 0.269 e. The normalized spacial score (nSPS) is 21.1. The Morgan fingerprint density at radius 1 is 1.30 bits per heavy atom. The lowest BCUT2D eigenvalue weighted by Crippen LogP contribution is -2.44. The van der Waals surface area contributed by atoms with Crippen molar-refractivity contribution >= 4 is 5.91 Å². The Bertz CT molecular complexity index is 667. The van der Waals surface area contributed by atoms with Gasteiger partial charge in [0.15, 0.2) is 0 Å². The first-order valence-corrected chi connectivity index (χ1v) is 7.99. The molecule has 2 unspecified atom stereocenters. The number of nitrogens with two attached hydrogens (primary N) is 1. The lowest BCUT2D eigenvalue weighted by Gasteiger charge is -2.31. The SMILES string of the molecule is NCC1CCCCC1NC(=O)c1cc(-c2ccc(F)cc2)n[nH]1. The molecule has 1 aromatic heterocycles. The van der Waals surface area contributed by atoms with Crippen molar-refractivity contribution in [3.63, 3.8) is 0 Å². The number of rotatable bonds is 4. The first-order chi connectivity index (χ1) is 11.2. The molecular weight excluding hydrogens is 295 g/mol. The lowest BCUT2D eigenvalue weighted by atomic mass is 9.84. The summed E-state index contributed by atoms with van der Waals surface area (Å²) in [7, 11) is 0. The van der Waals surface area contributed by atoms with E-state index in [1.807, 2.05) is 0 Å². The molecule has 1 aliphatic rings. The van der Waals surface area contributed by atoms with Crippen molar-refractivity contribution in [2.45, 2.75) is 31.7 Å². The Hall–Kier alpha value is -2.21. The number of hydrogen-bond acceptors (Lipinski definition) is 3. The van der Waals surface area contributed by atoms with Gasteiger partial charge in [0, 0.05) is 11.6 Å². The number of aromatic nitrogens is 2. The van der Waals surface area contributed by atoms with Gasteiger partial charge in [0.05, 0.1) is 5.69 Å². The third-order valence-corrected chi connectivity index (χ3v) is 4.49. The molecule has 2 atom stereocenters. The van der Waals surface area contributed by atoms with Crippen LogP contribution in [0, 0.1) is 11.7 Å². The van der Waals surface area contributed by atoms with Crippen LogP contribution < -0.4 is 11.1 Å². The Morgan fingerprint density at radius 2 is 2.04 bits per heavy atom. The third-order valence-electron chi connectivity index (χ3n) is 4.49. The number of nitrogens with zero attached hydrogens (tertiary/aromatic N) is 1. The summed E-state index contributed by atoms with van der Waals surface area (Å²) < 4.78 is 13.0. The number of H-pyrrole nitrogens is 1. The molecule has 0 saturated heterocycles. The van der Waals surface area contributed by atoms with Gasteiger partial charge in [-0.05, 0) is 55.6 Å². The number of carbonyl (C=O) groups is 1. The maximum absolute atomic E-state index is 13.0. The second-order valence-electron chi connectivity index (χ2n) is 6.03. The van der Waals surface area contributed by atoms with E-state index in [1.165, 1.54) is 18.6 Å². The van der Waals surface area contributed by atoms with Crippen LogP contribution in [0.4, 0.5) is 4.39 Å². The van der Waals surface area contributed by atoms with E-state index in [0.29, 0.717) is 23.9 Å². The molecular formula is C17H21FN4O. The Kier molecular flexibility index (Phi) is 4.71. The molecule has 1 saturated carbocycles. The van der Waals surface area contributed by atoms with E-state index in [1.54, 1.807) is 18.2 Å². The van der Waals surface area contributed by atoms with Gasteiger partial charge in [0.25, 0.3) is 5.91 Å². The third kappa shape index (κ3) is 3.59. The summed E-state index contributed by atoms with van der Waals surface area (Å²) in [5.41, 5.74) is 7.59. The highest BCUT2D eigenvalue weighted by atomic mass is 19.1. The van der Waals surface area contributed by atoms with E-state index in [2.05, 4.69) is 15.5 Å². The van der Waals surface area contributed by atoms with E-state index in [0.717, 1.165) is 24.8 Å². The molecule has 0 aliphatic heterocycles. The highest BCUT2D eigenvalue weighted by molar-refractivity contribution is 5.93. The molecule has 1 heterocycles. The Morgan fingerprint density at radius 3 is 2.78 bits per heavy atom. The molecule has 6 heteroatoms. The maximum atomic E-state index is 13.0. The number of carbonyl (C=O) groups excluding carboxylic acids is 1. The number of nitrogens with one attached hydrogen (secondary N) is 2. The van der Waals surface area contributed by atoms with Gasteiger partial charge >= 0.3 is 0 Å². The fourth-order valence-corrected chi connectivity index (χ4v) is 3.13. The number of halogens is 1. The number of aromatic amines is 1. The van der Waals surface area contributed by atoms with Crippen LogP contribution in [0.3, 0.4) is 0 Å². The average Bonchev–Trinajstić information content (AvgIpc) is 3.06. The van der Waals surface area contributed by atoms with Crippen LogP contribution in [-0.4, -0.2) is 28.7 Å². The Labute approximate surface area is 134 Å². The number of benzene rings is 1. The van der Waals surface area contributed by atoms with Crippen molar-refractivity contribution in [1.82, 2.24) is 15.5 Å². The van der Waals surface area contributed by atoms with Crippen molar-refractivity contribution in [3.8, 4) is 11.3 Å². The number of hydrogen-bond donors (Lipinski definition) is 3. The highest BCUT2D eigenvalue weighted by Gasteiger charge is 2.26. The van der Waals surface area contributed by atoms with Crippen molar-refractivity contribution in [1.29, 1.82) is 0 Å². The van der Waals surface area contributed by atoms with Gasteiger partial charge in [0.2, 0.25) is 0 Å². The van der Waals surface area contributed by atoms with Crippen LogP contribution in [-0.2, 0) is 0 Å². The van der Waals surface area contributed by atoms with Crippen molar-refractivity contribution in [2.24, 2.45) is 11.7 Å². The second kappa shape index (κ2) is 6.91. The molecule has 1 amide bonds. The fourth-order valence-electron chi connectivity index (χ4n) is 3.13. The molecule has 1 aliphatic carbocycles. The molecule has 0 spiro atoms. The predicted molar refractivity (Wildman–Crippen MR) is 86.2 cm³/mol. The minimum atomic E-state index is -0.299.